The highest BCUT2D eigenvalue weighted by molar-refractivity contribution is 5.63. The van der Waals surface area contributed by atoms with E-state index in [1.165, 1.54) is 68.1 Å². The van der Waals surface area contributed by atoms with Gasteiger partial charge in [-0.15, -0.1) is 0 Å². The molecule has 0 heteroatoms. The number of aryl methyl sites for hydroxylation is 1. The van der Waals surface area contributed by atoms with Crippen LogP contribution in [0.3, 0.4) is 0 Å². The molecule has 21 heavy (non-hydrogen) atoms. The second-order valence-corrected chi connectivity index (χ2v) is 5.94. The molecular weight excluding hydrogens is 252 g/mol. The predicted molar refractivity (Wildman–Crippen MR) is 93.6 cm³/mol. The van der Waals surface area contributed by atoms with Crippen molar-refractivity contribution in [2.45, 2.75) is 58.3 Å². The van der Waals surface area contributed by atoms with Crippen LogP contribution >= 0.6 is 0 Å². The van der Waals surface area contributed by atoms with Crippen molar-refractivity contribution in [2.75, 3.05) is 0 Å². The van der Waals surface area contributed by atoms with E-state index in [-0.39, 0.29) is 0 Å². The zero-order chi connectivity index (χ0) is 14.8. The largest absolute Gasteiger partial charge is 0.0654 e. The highest BCUT2D eigenvalue weighted by Gasteiger charge is 1.99. The Morgan fingerprint density at radius 1 is 0.619 bits per heavy atom. The fourth-order valence-electron chi connectivity index (χ4n) is 2.82. The minimum atomic E-state index is 1.22. The van der Waals surface area contributed by atoms with E-state index >= 15 is 0 Å². The molecule has 0 fully saturated rings. The topological polar surface area (TPSA) is 0 Å². The van der Waals surface area contributed by atoms with Gasteiger partial charge in [-0.25, -0.2) is 0 Å². The smallest absolute Gasteiger partial charge is 0.0181 e. The maximum Gasteiger partial charge on any atom is -0.0181 e. The van der Waals surface area contributed by atoms with Gasteiger partial charge in [0.15, 0.2) is 0 Å². The van der Waals surface area contributed by atoms with Crippen LogP contribution in [-0.4, -0.2) is 0 Å². The average molecular weight is 280 g/mol. The van der Waals surface area contributed by atoms with Crippen LogP contribution in [0.25, 0.3) is 11.1 Å². The summed E-state index contributed by atoms with van der Waals surface area (Å²) in [7, 11) is 0. The Morgan fingerprint density at radius 2 is 1.29 bits per heavy atom. The molecule has 0 aliphatic rings. The zero-order valence-corrected chi connectivity index (χ0v) is 13.4. The summed E-state index contributed by atoms with van der Waals surface area (Å²) in [5.41, 5.74) is 4.14. The van der Waals surface area contributed by atoms with Crippen LogP contribution in [0.15, 0.2) is 54.6 Å². The summed E-state index contributed by atoms with van der Waals surface area (Å²) >= 11 is 0. The quantitative estimate of drug-likeness (QED) is 0.451. The third-order valence-electron chi connectivity index (χ3n) is 4.10. The van der Waals surface area contributed by atoms with Crippen molar-refractivity contribution in [2.24, 2.45) is 0 Å². The van der Waals surface area contributed by atoms with Crippen LogP contribution in [0.4, 0.5) is 0 Å². The second kappa shape index (κ2) is 9.39. The summed E-state index contributed by atoms with van der Waals surface area (Å²) < 4.78 is 0. The van der Waals surface area contributed by atoms with Crippen molar-refractivity contribution >= 4 is 0 Å². The van der Waals surface area contributed by atoms with Gasteiger partial charge in [-0.3, -0.25) is 0 Å². The minimum Gasteiger partial charge on any atom is -0.0654 e. The van der Waals surface area contributed by atoms with Crippen molar-refractivity contribution < 1.29 is 0 Å². The van der Waals surface area contributed by atoms with Crippen LogP contribution in [0.5, 0.6) is 0 Å². The Hall–Kier alpha value is -1.56. The fraction of sp³-hybridized carbons (Fsp3) is 0.429. The average Bonchev–Trinajstić information content (AvgIpc) is 2.55. The SMILES string of the molecule is CCCCCCCCCc1cccc(-c2ccccc2)c1. The normalized spacial score (nSPS) is 10.7. The molecule has 2 aromatic carbocycles. The molecule has 0 amide bonds. The van der Waals surface area contributed by atoms with Crippen molar-refractivity contribution in [3.05, 3.63) is 60.2 Å². The summed E-state index contributed by atoms with van der Waals surface area (Å²) in [6.07, 6.45) is 10.9. The summed E-state index contributed by atoms with van der Waals surface area (Å²) in [4.78, 5) is 0. The third-order valence-corrected chi connectivity index (χ3v) is 4.10. The zero-order valence-electron chi connectivity index (χ0n) is 13.4. The van der Waals surface area contributed by atoms with Gasteiger partial charge in [0.25, 0.3) is 0 Å². The molecule has 0 atom stereocenters. The van der Waals surface area contributed by atoms with E-state index in [4.69, 9.17) is 0 Å². The molecular formula is C21H28. The number of rotatable bonds is 9. The van der Waals surface area contributed by atoms with Crippen LogP contribution in [-0.2, 0) is 6.42 Å². The third kappa shape index (κ3) is 5.75. The van der Waals surface area contributed by atoms with Crippen LogP contribution in [0, 0.1) is 0 Å². The number of benzene rings is 2. The Balaban J connectivity index is 1.77. The highest BCUT2D eigenvalue weighted by atomic mass is 14.0. The molecule has 0 aliphatic heterocycles. The molecule has 0 saturated carbocycles. The lowest BCUT2D eigenvalue weighted by atomic mass is 9.99. The van der Waals surface area contributed by atoms with E-state index in [2.05, 4.69) is 61.5 Å². The Morgan fingerprint density at radius 3 is 2.05 bits per heavy atom. The number of hydrogen-bond acceptors (Lipinski definition) is 0. The van der Waals surface area contributed by atoms with E-state index in [1.807, 2.05) is 0 Å². The molecule has 0 bridgehead atoms. The highest BCUT2D eigenvalue weighted by Crippen LogP contribution is 2.21. The molecule has 0 heterocycles. The Labute approximate surface area is 130 Å². The lowest BCUT2D eigenvalue weighted by Gasteiger charge is -2.06. The monoisotopic (exact) mass is 280 g/mol. The van der Waals surface area contributed by atoms with Crippen LogP contribution < -0.4 is 0 Å². The Kier molecular flexibility index (Phi) is 7.07. The molecule has 0 spiro atoms. The van der Waals surface area contributed by atoms with E-state index in [1.54, 1.807) is 0 Å². The number of hydrogen-bond donors (Lipinski definition) is 0. The standard InChI is InChI=1S/C21H28/c1-2-3-4-5-6-7-9-13-19-14-12-17-21(18-19)20-15-10-8-11-16-20/h8,10-12,14-18H,2-7,9,13H2,1H3. The van der Waals surface area contributed by atoms with Crippen LogP contribution in [0.1, 0.15) is 57.4 Å². The van der Waals surface area contributed by atoms with Crippen LogP contribution in [0.2, 0.25) is 0 Å². The first-order chi connectivity index (χ1) is 10.4. The first-order valence-corrected chi connectivity index (χ1v) is 8.54. The summed E-state index contributed by atoms with van der Waals surface area (Å²) in [5.74, 6) is 0. The lowest BCUT2D eigenvalue weighted by Crippen LogP contribution is -1.87. The van der Waals surface area contributed by atoms with Gasteiger partial charge in [-0.05, 0) is 29.5 Å². The first kappa shape index (κ1) is 15.8. The summed E-state index contributed by atoms with van der Waals surface area (Å²) in [6, 6.07) is 19.7. The van der Waals surface area contributed by atoms with Gasteiger partial charge in [0, 0.05) is 0 Å². The van der Waals surface area contributed by atoms with E-state index in [9.17, 15) is 0 Å². The van der Waals surface area contributed by atoms with E-state index < -0.39 is 0 Å². The van der Waals surface area contributed by atoms with Gasteiger partial charge in [0.2, 0.25) is 0 Å². The number of unbranched alkanes of at least 4 members (excludes halogenated alkanes) is 6. The van der Waals surface area contributed by atoms with Crippen molar-refractivity contribution in [3.8, 4) is 11.1 Å². The first-order valence-electron chi connectivity index (χ1n) is 8.54. The van der Waals surface area contributed by atoms with Crippen molar-refractivity contribution in [1.29, 1.82) is 0 Å². The van der Waals surface area contributed by atoms with Gasteiger partial charge < -0.3 is 0 Å². The molecule has 0 radical (unpaired) electrons. The molecule has 0 nitrogen and oxygen atoms in total. The van der Waals surface area contributed by atoms with Gasteiger partial charge in [-0.1, -0.05) is 100 Å². The van der Waals surface area contributed by atoms with Gasteiger partial charge in [0.05, 0.1) is 0 Å². The van der Waals surface area contributed by atoms with Crippen molar-refractivity contribution in [1.82, 2.24) is 0 Å². The molecule has 2 rings (SSSR count). The summed E-state index contributed by atoms with van der Waals surface area (Å²) in [6.45, 7) is 2.28. The summed E-state index contributed by atoms with van der Waals surface area (Å²) in [5, 5.41) is 0. The molecule has 0 N–H and O–H groups in total. The van der Waals surface area contributed by atoms with Crippen molar-refractivity contribution in [3.63, 3.8) is 0 Å². The maximum atomic E-state index is 2.35. The molecule has 0 saturated heterocycles. The fourth-order valence-corrected chi connectivity index (χ4v) is 2.82. The van der Waals surface area contributed by atoms with Gasteiger partial charge in [-0.2, -0.15) is 0 Å². The Bertz CT molecular complexity index is 498. The minimum absolute atomic E-state index is 1.22. The molecule has 0 aliphatic carbocycles. The second-order valence-electron chi connectivity index (χ2n) is 5.94. The molecule has 0 aromatic heterocycles. The van der Waals surface area contributed by atoms with Gasteiger partial charge >= 0.3 is 0 Å². The molecule has 0 unspecified atom stereocenters. The predicted octanol–water partition coefficient (Wildman–Crippen LogP) is 6.65. The lowest BCUT2D eigenvalue weighted by molar-refractivity contribution is 0.589. The van der Waals surface area contributed by atoms with E-state index in [0.717, 1.165) is 0 Å². The molecule has 112 valence electrons. The maximum absolute atomic E-state index is 2.35. The van der Waals surface area contributed by atoms with Gasteiger partial charge in [0.1, 0.15) is 0 Å². The van der Waals surface area contributed by atoms with E-state index in [0.29, 0.717) is 0 Å². The molecule has 2 aromatic rings.